The zero-order chi connectivity index (χ0) is 12.3. The maximum Gasteiger partial charge on any atom is 0.251 e. The number of nitrogen functional groups attached to an aromatic ring is 1. The Morgan fingerprint density at radius 3 is 2.88 bits per heavy atom. The molecule has 17 heavy (non-hydrogen) atoms. The fraction of sp³-hybridized carbons (Fsp3) is 0.462. The van der Waals surface area contributed by atoms with E-state index < -0.39 is 0 Å². The summed E-state index contributed by atoms with van der Waals surface area (Å²) in [5.74, 6) is 0.0889. The molecule has 0 radical (unpaired) electrons. The van der Waals surface area contributed by atoms with Crippen LogP contribution in [0.15, 0.2) is 24.3 Å². The number of likely N-dealkylation sites (tertiary alicyclic amines) is 1. The lowest BCUT2D eigenvalue weighted by Gasteiger charge is -2.12. The van der Waals surface area contributed by atoms with Crippen LogP contribution >= 0.6 is 0 Å². The van der Waals surface area contributed by atoms with Crippen molar-refractivity contribution in [1.82, 2.24) is 4.90 Å². The minimum absolute atomic E-state index is 0.0889. The van der Waals surface area contributed by atoms with Crippen LogP contribution in [0.4, 0.5) is 5.69 Å². The Morgan fingerprint density at radius 1 is 1.47 bits per heavy atom. The van der Waals surface area contributed by atoms with Gasteiger partial charge in [0.25, 0.3) is 5.91 Å². The summed E-state index contributed by atoms with van der Waals surface area (Å²) in [4.78, 5) is 13.3. The Hall–Kier alpha value is -1.55. The monoisotopic (exact) mass is 234 g/mol. The summed E-state index contributed by atoms with van der Waals surface area (Å²) in [5.41, 5.74) is 7.69. The third kappa shape index (κ3) is 2.77. The van der Waals surface area contributed by atoms with Crippen molar-refractivity contribution in [1.29, 1.82) is 0 Å². The molecule has 1 aliphatic heterocycles. The maximum atomic E-state index is 11.6. The number of rotatable bonds is 4. The lowest BCUT2D eigenvalue weighted by Crippen LogP contribution is -2.28. The van der Waals surface area contributed by atoms with Gasteiger partial charge in [-0.15, -0.1) is 0 Å². The highest BCUT2D eigenvalue weighted by Crippen LogP contribution is 2.15. The highest BCUT2D eigenvalue weighted by atomic mass is 16.5. The van der Waals surface area contributed by atoms with Crippen LogP contribution < -0.4 is 5.73 Å². The van der Waals surface area contributed by atoms with Gasteiger partial charge in [0.2, 0.25) is 0 Å². The summed E-state index contributed by atoms with van der Waals surface area (Å²) in [5, 5.41) is 0. The van der Waals surface area contributed by atoms with Gasteiger partial charge in [0.1, 0.15) is 6.10 Å². The predicted octanol–water partition coefficient (Wildman–Crippen LogP) is 1.06. The van der Waals surface area contributed by atoms with Gasteiger partial charge in [-0.25, -0.2) is 0 Å². The van der Waals surface area contributed by atoms with Crippen LogP contribution in [-0.2, 0) is 16.0 Å². The van der Waals surface area contributed by atoms with Crippen LogP contribution in [0.5, 0.6) is 0 Å². The summed E-state index contributed by atoms with van der Waals surface area (Å²) < 4.78 is 5.60. The first-order chi connectivity index (χ1) is 8.18. The topological polar surface area (TPSA) is 55.6 Å². The first-order valence-electron chi connectivity index (χ1n) is 5.88. The zero-order valence-electron chi connectivity index (χ0n) is 10.1. The number of carbonyl (C=O) groups excluding carboxylic acids is 1. The normalized spacial score (nSPS) is 19.9. The fourth-order valence-electron chi connectivity index (χ4n) is 2.02. The SMILES string of the molecule is CN1CCC(OCCc2ccccc2N)C1=O. The van der Waals surface area contributed by atoms with Crippen LogP contribution in [0.3, 0.4) is 0 Å². The van der Waals surface area contributed by atoms with Crippen molar-refractivity contribution in [3.05, 3.63) is 29.8 Å². The molecule has 0 spiro atoms. The van der Waals surface area contributed by atoms with E-state index in [9.17, 15) is 4.79 Å². The Morgan fingerprint density at radius 2 is 2.24 bits per heavy atom. The van der Waals surface area contributed by atoms with Crippen molar-refractivity contribution in [2.24, 2.45) is 0 Å². The van der Waals surface area contributed by atoms with Crippen molar-refractivity contribution in [3.63, 3.8) is 0 Å². The number of likely N-dealkylation sites (N-methyl/N-ethyl adjacent to an activating group) is 1. The van der Waals surface area contributed by atoms with Gasteiger partial charge in [-0.3, -0.25) is 4.79 Å². The smallest absolute Gasteiger partial charge is 0.251 e. The van der Waals surface area contributed by atoms with E-state index in [-0.39, 0.29) is 12.0 Å². The van der Waals surface area contributed by atoms with Gasteiger partial charge < -0.3 is 15.4 Å². The lowest BCUT2D eigenvalue weighted by molar-refractivity contribution is -0.136. The molecular weight excluding hydrogens is 216 g/mol. The number of hydrogen-bond donors (Lipinski definition) is 1. The highest BCUT2D eigenvalue weighted by Gasteiger charge is 2.29. The second kappa shape index (κ2) is 5.19. The number of nitrogens with two attached hydrogens (primary N) is 1. The molecule has 4 nitrogen and oxygen atoms in total. The van der Waals surface area contributed by atoms with E-state index in [1.807, 2.05) is 24.3 Å². The van der Waals surface area contributed by atoms with Crippen molar-refractivity contribution >= 4 is 11.6 Å². The average molecular weight is 234 g/mol. The first kappa shape index (κ1) is 11.9. The Labute approximate surface area is 101 Å². The molecule has 1 amide bonds. The van der Waals surface area contributed by atoms with Crippen LogP contribution in [0.25, 0.3) is 0 Å². The minimum Gasteiger partial charge on any atom is -0.399 e. The van der Waals surface area contributed by atoms with Crippen molar-refractivity contribution in [2.45, 2.75) is 18.9 Å². The second-order valence-corrected chi connectivity index (χ2v) is 4.36. The number of benzene rings is 1. The Kier molecular flexibility index (Phi) is 3.64. The molecule has 1 fully saturated rings. The summed E-state index contributed by atoms with van der Waals surface area (Å²) in [6, 6.07) is 7.74. The Balaban J connectivity index is 1.81. The number of hydrogen-bond acceptors (Lipinski definition) is 3. The standard InChI is InChI=1S/C13H18N2O2/c1-15-8-6-12(13(15)16)17-9-7-10-4-2-3-5-11(10)14/h2-5,12H,6-9,14H2,1H3. The lowest BCUT2D eigenvalue weighted by atomic mass is 10.1. The predicted molar refractivity (Wildman–Crippen MR) is 66.6 cm³/mol. The summed E-state index contributed by atoms with van der Waals surface area (Å²) in [7, 11) is 1.81. The van der Waals surface area contributed by atoms with Gasteiger partial charge in [0.15, 0.2) is 0 Å². The van der Waals surface area contributed by atoms with Crippen LogP contribution in [0, 0.1) is 0 Å². The van der Waals surface area contributed by atoms with Gasteiger partial charge in [-0.2, -0.15) is 0 Å². The number of para-hydroxylation sites is 1. The molecule has 1 aromatic rings. The van der Waals surface area contributed by atoms with Gasteiger partial charge in [0, 0.05) is 25.7 Å². The number of carbonyl (C=O) groups is 1. The minimum atomic E-state index is -0.259. The molecule has 1 unspecified atom stereocenters. The van der Waals surface area contributed by atoms with Gasteiger partial charge in [-0.1, -0.05) is 18.2 Å². The molecule has 2 N–H and O–H groups in total. The van der Waals surface area contributed by atoms with E-state index in [1.165, 1.54) is 0 Å². The van der Waals surface area contributed by atoms with E-state index >= 15 is 0 Å². The van der Waals surface area contributed by atoms with E-state index in [1.54, 1.807) is 11.9 Å². The van der Waals surface area contributed by atoms with Gasteiger partial charge in [-0.05, 0) is 18.1 Å². The van der Waals surface area contributed by atoms with Gasteiger partial charge in [0.05, 0.1) is 6.61 Å². The molecule has 1 heterocycles. The largest absolute Gasteiger partial charge is 0.399 e. The second-order valence-electron chi connectivity index (χ2n) is 4.36. The van der Waals surface area contributed by atoms with Crippen LogP contribution in [-0.4, -0.2) is 37.1 Å². The average Bonchev–Trinajstić information content (AvgIpc) is 2.63. The van der Waals surface area contributed by atoms with E-state index in [2.05, 4.69) is 0 Å². The molecule has 1 aliphatic rings. The molecule has 0 saturated carbocycles. The van der Waals surface area contributed by atoms with E-state index in [4.69, 9.17) is 10.5 Å². The molecule has 0 aromatic heterocycles. The summed E-state index contributed by atoms with van der Waals surface area (Å²) in [6.45, 7) is 1.33. The molecule has 1 aromatic carbocycles. The number of ether oxygens (including phenoxy) is 1. The number of nitrogens with zero attached hydrogens (tertiary/aromatic N) is 1. The first-order valence-corrected chi connectivity index (χ1v) is 5.88. The molecule has 2 rings (SSSR count). The molecular formula is C13H18N2O2. The van der Waals surface area contributed by atoms with Gasteiger partial charge >= 0.3 is 0 Å². The molecule has 4 heteroatoms. The molecule has 0 bridgehead atoms. The summed E-state index contributed by atoms with van der Waals surface area (Å²) >= 11 is 0. The van der Waals surface area contributed by atoms with Crippen molar-refractivity contribution < 1.29 is 9.53 Å². The zero-order valence-corrected chi connectivity index (χ0v) is 10.1. The van der Waals surface area contributed by atoms with Crippen molar-refractivity contribution in [3.8, 4) is 0 Å². The van der Waals surface area contributed by atoms with Crippen LogP contribution in [0.2, 0.25) is 0 Å². The third-order valence-electron chi connectivity index (χ3n) is 3.12. The number of amides is 1. The molecule has 0 aliphatic carbocycles. The third-order valence-corrected chi connectivity index (χ3v) is 3.12. The van der Waals surface area contributed by atoms with Crippen LogP contribution in [0.1, 0.15) is 12.0 Å². The van der Waals surface area contributed by atoms with E-state index in [0.29, 0.717) is 6.61 Å². The quantitative estimate of drug-likeness (QED) is 0.792. The fourth-order valence-corrected chi connectivity index (χ4v) is 2.02. The molecule has 1 saturated heterocycles. The maximum absolute atomic E-state index is 11.6. The van der Waals surface area contributed by atoms with Crippen molar-refractivity contribution in [2.75, 3.05) is 25.9 Å². The summed E-state index contributed by atoms with van der Waals surface area (Å²) in [6.07, 6.45) is 1.28. The number of anilines is 1. The highest BCUT2D eigenvalue weighted by molar-refractivity contribution is 5.82. The molecule has 1 atom stereocenters. The Bertz CT molecular complexity index is 406. The molecule has 92 valence electrons. The van der Waals surface area contributed by atoms with E-state index in [0.717, 1.165) is 30.6 Å².